The highest BCUT2D eigenvalue weighted by atomic mass is 16.5. The Morgan fingerprint density at radius 3 is 2.52 bits per heavy atom. The molecular formula is C18H21NO2. The smallest absolute Gasteiger partial charge is 0.261 e. The first-order chi connectivity index (χ1) is 10.1. The molecule has 0 saturated carbocycles. The molecule has 1 atom stereocenters. The Morgan fingerprint density at radius 2 is 1.86 bits per heavy atom. The molecule has 0 spiro atoms. The van der Waals surface area contributed by atoms with E-state index in [1.807, 2.05) is 62.4 Å². The van der Waals surface area contributed by atoms with E-state index in [0.717, 1.165) is 16.9 Å². The minimum Gasteiger partial charge on any atom is -0.481 e. The van der Waals surface area contributed by atoms with Crippen LogP contribution in [0.4, 0.5) is 0 Å². The Bertz CT molecular complexity index is 608. The van der Waals surface area contributed by atoms with Gasteiger partial charge in [-0.05, 0) is 38.0 Å². The van der Waals surface area contributed by atoms with E-state index in [4.69, 9.17) is 4.74 Å². The Balaban J connectivity index is 1.90. The van der Waals surface area contributed by atoms with Crippen molar-refractivity contribution in [3.05, 3.63) is 65.2 Å². The summed E-state index contributed by atoms with van der Waals surface area (Å²) < 4.78 is 5.74. The van der Waals surface area contributed by atoms with Gasteiger partial charge in [-0.15, -0.1) is 0 Å². The van der Waals surface area contributed by atoms with Crippen molar-refractivity contribution in [3.63, 3.8) is 0 Å². The summed E-state index contributed by atoms with van der Waals surface area (Å²) in [5.41, 5.74) is 3.29. The van der Waals surface area contributed by atoms with Crippen LogP contribution in [0, 0.1) is 13.8 Å². The average molecular weight is 283 g/mol. The van der Waals surface area contributed by atoms with Crippen molar-refractivity contribution in [1.29, 1.82) is 0 Å². The normalized spacial score (nSPS) is 11.8. The van der Waals surface area contributed by atoms with Crippen molar-refractivity contribution in [2.45, 2.75) is 33.4 Å². The summed E-state index contributed by atoms with van der Waals surface area (Å²) in [6.07, 6.45) is -0.518. The molecule has 3 heteroatoms. The molecule has 2 aromatic rings. The monoisotopic (exact) mass is 283 g/mol. The first kappa shape index (κ1) is 15.1. The van der Waals surface area contributed by atoms with Crippen LogP contribution in [0.1, 0.15) is 23.6 Å². The van der Waals surface area contributed by atoms with Gasteiger partial charge in [-0.3, -0.25) is 4.79 Å². The van der Waals surface area contributed by atoms with Gasteiger partial charge in [-0.25, -0.2) is 0 Å². The number of rotatable bonds is 5. The fraction of sp³-hybridized carbons (Fsp3) is 0.278. The van der Waals surface area contributed by atoms with E-state index in [-0.39, 0.29) is 5.91 Å². The lowest BCUT2D eigenvalue weighted by Gasteiger charge is -2.16. The number of nitrogens with one attached hydrogen (secondary N) is 1. The van der Waals surface area contributed by atoms with Crippen molar-refractivity contribution in [3.8, 4) is 5.75 Å². The molecule has 0 fully saturated rings. The molecular weight excluding hydrogens is 262 g/mol. The van der Waals surface area contributed by atoms with E-state index in [1.54, 1.807) is 6.92 Å². The summed E-state index contributed by atoms with van der Waals surface area (Å²) in [6, 6.07) is 15.8. The molecule has 0 aliphatic carbocycles. The molecule has 21 heavy (non-hydrogen) atoms. The Hall–Kier alpha value is -2.29. The summed E-state index contributed by atoms with van der Waals surface area (Å²) >= 11 is 0. The predicted molar refractivity (Wildman–Crippen MR) is 84.3 cm³/mol. The molecule has 2 aromatic carbocycles. The Labute approximate surface area is 126 Å². The van der Waals surface area contributed by atoms with Crippen LogP contribution in [0.25, 0.3) is 0 Å². The summed E-state index contributed by atoms with van der Waals surface area (Å²) in [7, 11) is 0. The Kier molecular flexibility index (Phi) is 4.99. The van der Waals surface area contributed by atoms with Gasteiger partial charge in [0.15, 0.2) is 6.10 Å². The van der Waals surface area contributed by atoms with E-state index >= 15 is 0 Å². The molecule has 0 bridgehead atoms. The molecule has 0 aromatic heterocycles. The van der Waals surface area contributed by atoms with Gasteiger partial charge in [0.2, 0.25) is 0 Å². The number of hydrogen-bond acceptors (Lipinski definition) is 2. The zero-order valence-corrected chi connectivity index (χ0v) is 12.7. The zero-order valence-electron chi connectivity index (χ0n) is 12.7. The summed E-state index contributed by atoms with van der Waals surface area (Å²) in [4.78, 5) is 12.1. The second-order valence-electron chi connectivity index (χ2n) is 5.23. The fourth-order valence-electron chi connectivity index (χ4n) is 2.10. The molecule has 0 heterocycles. The maximum atomic E-state index is 12.1. The molecule has 0 aliphatic rings. The van der Waals surface area contributed by atoms with Crippen molar-refractivity contribution >= 4 is 5.91 Å². The van der Waals surface area contributed by atoms with Crippen LogP contribution in [0.15, 0.2) is 48.5 Å². The standard InChI is InChI=1S/C18H21NO2/c1-13-9-10-17(14(2)11-13)21-15(3)18(20)19-12-16-7-5-4-6-8-16/h4-11,15H,12H2,1-3H3,(H,19,20)/t15-/m1/s1. The first-order valence-corrected chi connectivity index (χ1v) is 7.12. The van der Waals surface area contributed by atoms with Gasteiger partial charge in [0.1, 0.15) is 5.75 Å². The summed E-state index contributed by atoms with van der Waals surface area (Å²) in [6.45, 7) is 6.30. The molecule has 110 valence electrons. The Morgan fingerprint density at radius 1 is 1.14 bits per heavy atom. The number of aryl methyl sites for hydroxylation is 2. The topological polar surface area (TPSA) is 38.3 Å². The van der Waals surface area contributed by atoms with E-state index in [9.17, 15) is 4.79 Å². The molecule has 0 saturated heterocycles. The van der Waals surface area contributed by atoms with Gasteiger partial charge in [-0.1, -0.05) is 48.0 Å². The van der Waals surface area contributed by atoms with Crippen molar-refractivity contribution in [2.24, 2.45) is 0 Å². The highest BCUT2D eigenvalue weighted by Crippen LogP contribution is 2.20. The largest absolute Gasteiger partial charge is 0.481 e. The number of benzene rings is 2. The third-order valence-corrected chi connectivity index (χ3v) is 3.31. The summed E-state index contributed by atoms with van der Waals surface area (Å²) in [5, 5.41) is 2.89. The van der Waals surface area contributed by atoms with Gasteiger partial charge < -0.3 is 10.1 Å². The van der Waals surface area contributed by atoms with E-state index in [1.165, 1.54) is 5.56 Å². The number of carbonyl (C=O) groups is 1. The number of ether oxygens (including phenoxy) is 1. The first-order valence-electron chi connectivity index (χ1n) is 7.12. The molecule has 0 aliphatic heterocycles. The van der Waals surface area contributed by atoms with Gasteiger partial charge in [0.25, 0.3) is 5.91 Å². The van der Waals surface area contributed by atoms with Crippen LogP contribution in [0.3, 0.4) is 0 Å². The molecule has 0 radical (unpaired) electrons. The molecule has 0 unspecified atom stereocenters. The molecule has 3 nitrogen and oxygen atoms in total. The predicted octanol–water partition coefficient (Wildman–Crippen LogP) is 3.39. The number of amides is 1. The quantitative estimate of drug-likeness (QED) is 0.913. The number of carbonyl (C=O) groups excluding carboxylic acids is 1. The minimum atomic E-state index is -0.518. The average Bonchev–Trinajstić information content (AvgIpc) is 2.48. The van der Waals surface area contributed by atoms with Crippen LogP contribution in [-0.4, -0.2) is 12.0 Å². The highest BCUT2D eigenvalue weighted by molar-refractivity contribution is 5.80. The van der Waals surface area contributed by atoms with Crippen LogP contribution < -0.4 is 10.1 Å². The third kappa shape index (κ3) is 4.35. The maximum absolute atomic E-state index is 12.1. The van der Waals surface area contributed by atoms with Crippen LogP contribution in [0.5, 0.6) is 5.75 Å². The van der Waals surface area contributed by atoms with Crippen molar-refractivity contribution < 1.29 is 9.53 Å². The lowest BCUT2D eigenvalue weighted by Crippen LogP contribution is -2.36. The number of hydrogen-bond donors (Lipinski definition) is 1. The molecule has 1 amide bonds. The SMILES string of the molecule is Cc1ccc(O[C@H](C)C(=O)NCc2ccccc2)c(C)c1. The maximum Gasteiger partial charge on any atom is 0.261 e. The van der Waals surface area contributed by atoms with Crippen molar-refractivity contribution in [2.75, 3.05) is 0 Å². The van der Waals surface area contributed by atoms with E-state index in [2.05, 4.69) is 5.32 Å². The van der Waals surface area contributed by atoms with E-state index in [0.29, 0.717) is 6.54 Å². The van der Waals surface area contributed by atoms with Crippen LogP contribution in [0.2, 0.25) is 0 Å². The van der Waals surface area contributed by atoms with Crippen molar-refractivity contribution in [1.82, 2.24) is 5.32 Å². The molecule has 2 rings (SSSR count). The lowest BCUT2D eigenvalue weighted by molar-refractivity contribution is -0.127. The third-order valence-electron chi connectivity index (χ3n) is 3.31. The van der Waals surface area contributed by atoms with Gasteiger partial charge in [0.05, 0.1) is 0 Å². The van der Waals surface area contributed by atoms with Gasteiger partial charge in [0, 0.05) is 6.54 Å². The lowest BCUT2D eigenvalue weighted by atomic mass is 10.1. The van der Waals surface area contributed by atoms with Crippen LogP contribution >= 0.6 is 0 Å². The van der Waals surface area contributed by atoms with E-state index < -0.39 is 6.10 Å². The zero-order chi connectivity index (χ0) is 15.2. The minimum absolute atomic E-state index is 0.112. The van der Waals surface area contributed by atoms with Gasteiger partial charge >= 0.3 is 0 Å². The highest BCUT2D eigenvalue weighted by Gasteiger charge is 2.15. The second kappa shape index (κ2) is 6.93. The van der Waals surface area contributed by atoms with Gasteiger partial charge in [-0.2, -0.15) is 0 Å². The second-order valence-corrected chi connectivity index (χ2v) is 5.23. The molecule has 1 N–H and O–H groups in total. The summed E-state index contributed by atoms with van der Waals surface area (Å²) in [5.74, 6) is 0.641. The van der Waals surface area contributed by atoms with Crippen LogP contribution in [-0.2, 0) is 11.3 Å². The fourth-order valence-corrected chi connectivity index (χ4v) is 2.10.